The van der Waals surface area contributed by atoms with E-state index in [0.717, 1.165) is 0 Å². The van der Waals surface area contributed by atoms with Crippen molar-refractivity contribution in [3.05, 3.63) is 24.1 Å². The Morgan fingerprint density at radius 1 is 1.55 bits per heavy atom. The molecule has 0 amide bonds. The molecule has 0 bridgehead atoms. The smallest absolute Gasteiger partial charge is 0.142 e. The summed E-state index contributed by atoms with van der Waals surface area (Å²) in [6.07, 6.45) is 1.18. The fourth-order valence-electron chi connectivity index (χ4n) is 0.681. The largest absolute Gasteiger partial charge is 0.296 e. The molecule has 1 N–H and O–H groups in total. The highest BCUT2D eigenvalue weighted by Crippen LogP contribution is 2.05. The zero-order chi connectivity index (χ0) is 8.27. The van der Waals surface area contributed by atoms with E-state index in [4.69, 9.17) is 0 Å². The molecule has 3 nitrogen and oxygen atoms in total. The second-order valence-corrected chi connectivity index (χ2v) is 2.12. The average Bonchev–Trinajstić information content (AvgIpc) is 2.05. The maximum Gasteiger partial charge on any atom is 0.142 e. The van der Waals surface area contributed by atoms with E-state index in [1.54, 1.807) is 25.2 Å². The van der Waals surface area contributed by atoms with Gasteiger partial charge in [-0.1, -0.05) is 0 Å². The van der Waals surface area contributed by atoms with E-state index in [1.807, 2.05) is 0 Å². The summed E-state index contributed by atoms with van der Waals surface area (Å²) >= 11 is 0. The van der Waals surface area contributed by atoms with Crippen LogP contribution in [0.2, 0.25) is 0 Å². The number of pyridine rings is 1. The van der Waals surface area contributed by atoms with Crippen LogP contribution in [-0.2, 0) is 0 Å². The number of halogens is 1. The van der Waals surface area contributed by atoms with Gasteiger partial charge in [0.15, 0.2) is 0 Å². The summed E-state index contributed by atoms with van der Waals surface area (Å²) in [5, 5.41) is 1.69. The number of hydrogen-bond acceptors (Lipinski definition) is 3. The average molecular weight is 155 g/mol. The molecule has 1 rings (SSSR count). The molecular formula is C7H10FN3. The molecule has 1 aromatic rings. The molecule has 11 heavy (non-hydrogen) atoms. The van der Waals surface area contributed by atoms with Crippen LogP contribution in [0.5, 0.6) is 0 Å². The minimum atomic E-state index is -0.321. The molecule has 0 atom stereocenters. The Kier molecular flexibility index (Phi) is 2.38. The molecule has 4 heteroatoms. The lowest BCUT2D eigenvalue weighted by atomic mass is 10.4. The Balaban J connectivity index is 2.81. The lowest BCUT2D eigenvalue weighted by Gasteiger charge is -2.15. The monoisotopic (exact) mass is 155 g/mol. The van der Waals surface area contributed by atoms with Crippen LogP contribution in [0.3, 0.4) is 0 Å². The van der Waals surface area contributed by atoms with Crippen molar-refractivity contribution >= 4 is 5.82 Å². The molecule has 1 heterocycles. The SMILES string of the molecule is CNN(C)c1ccc(F)cn1. The molecule has 0 aliphatic carbocycles. The van der Waals surface area contributed by atoms with Gasteiger partial charge < -0.3 is 0 Å². The first-order valence-corrected chi connectivity index (χ1v) is 3.26. The summed E-state index contributed by atoms with van der Waals surface area (Å²) in [4.78, 5) is 3.84. The van der Waals surface area contributed by atoms with Crippen molar-refractivity contribution in [3.63, 3.8) is 0 Å². The maximum absolute atomic E-state index is 12.4. The van der Waals surface area contributed by atoms with Crippen molar-refractivity contribution in [1.29, 1.82) is 0 Å². The van der Waals surface area contributed by atoms with Crippen LogP contribution in [0.4, 0.5) is 10.2 Å². The standard InChI is InChI=1S/C7H10FN3/c1-9-11(2)7-4-3-6(8)5-10-7/h3-5,9H,1-2H3. The first-order chi connectivity index (χ1) is 5.24. The zero-order valence-corrected chi connectivity index (χ0v) is 6.50. The van der Waals surface area contributed by atoms with Crippen molar-refractivity contribution in [2.45, 2.75) is 0 Å². The van der Waals surface area contributed by atoms with Crippen LogP contribution >= 0.6 is 0 Å². The Bertz CT molecular complexity index is 222. The molecule has 0 spiro atoms. The molecule has 0 unspecified atom stereocenters. The van der Waals surface area contributed by atoms with Gasteiger partial charge in [0.1, 0.15) is 11.6 Å². The van der Waals surface area contributed by atoms with Crippen LogP contribution in [0.1, 0.15) is 0 Å². The first-order valence-electron chi connectivity index (χ1n) is 3.26. The minimum Gasteiger partial charge on any atom is -0.296 e. The van der Waals surface area contributed by atoms with E-state index in [0.29, 0.717) is 5.82 Å². The Labute approximate surface area is 64.8 Å². The van der Waals surface area contributed by atoms with Crippen LogP contribution in [0.25, 0.3) is 0 Å². The van der Waals surface area contributed by atoms with Gasteiger partial charge >= 0.3 is 0 Å². The number of hydrazine groups is 1. The molecule has 60 valence electrons. The highest BCUT2D eigenvalue weighted by molar-refractivity contribution is 5.34. The van der Waals surface area contributed by atoms with Crippen LogP contribution < -0.4 is 10.4 Å². The van der Waals surface area contributed by atoms with E-state index in [2.05, 4.69) is 10.4 Å². The predicted molar refractivity (Wildman–Crippen MR) is 41.7 cm³/mol. The van der Waals surface area contributed by atoms with Gasteiger partial charge in [0.05, 0.1) is 6.20 Å². The third kappa shape index (κ3) is 1.88. The summed E-state index contributed by atoms with van der Waals surface area (Å²) in [6, 6.07) is 2.97. The van der Waals surface area contributed by atoms with Crippen LogP contribution in [0, 0.1) is 5.82 Å². The molecule has 0 aliphatic heterocycles. The molecule has 0 aliphatic rings. The Morgan fingerprint density at radius 3 is 2.73 bits per heavy atom. The van der Waals surface area contributed by atoms with E-state index >= 15 is 0 Å². The number of nitrogens with zero attached hydrogens (tertiary/aromatic N) is 2. The van der Waals surface area contributed by atoms with E-state index in [1.165, 1.54) is 12.3 Å². The van der Waals surface area contributed by atoms with Gasteiger partial charge in [-0.05, 0) is 12.1 Å². The summed E-state index contributed by atoms with van der Waals surface area (Å²) in [5.74, 6) is 0.368. The molecule has 0 fully saturated rings. The quantitative estimate of drug-likeness (QED) is 0.640. The molecule has 0 saturated heterocycles. The second-order valence-electron chi connectivity index (χ2n) is 2.12. The lowest BCUT2D eigenvalue weighted by Crippen LogP contribution is -2.30. The summed E-state index contributed by atoms with van der Waals surface area (Å²) in [5.41, 5.74) is 2.85. The topological polar surface area (TPSA) is 28.2 Å². The normalized spacial score (nSPS) is 9.73. The Morgan fingerprint density at radius 2 is 2.27 bits per heavy atom. The first kappa shape index (κ1) is 7.94. The maximum atomic E-state index is 12.4. The number of rotatable bonds is 2. The summed E-state index contributed by atoms with van der Waals surface area (Å²) in [6.45, 7) is 0. The zero-order valence-electron chi connectivity index (χ0n) is 6.50. The van der Waals surface area contributed by atoms with Crippen molar-refractivity contribution in [3.8, 4) is 0 Å². The number of aromatic nitrogens is 1. The highest BCUT2D eigenvalue weighted by atomic mass is 19.1. The summed E-state index contributed by atoms with van der Waals surface area (Å²) < 4.78 is 12.4. The van der Waals surface area contributed by atoms with Crippen molar-refractivity contribution in [2.75, 3.05) is 19.1 Å². The fraction of sp³-hybridized carbons (Fsp3) is 0.286. The molecule has 0 radical (unpaired) electrons. The van der Waals surface area contributed by atoms with Gasteiger partial charge in [-0.15, -0.1) is 0 Å². The van der Waals surface area contributed by atoms with Crippen LogP contribution in [-0.4, -0.2) is 19.1 Å². The molecule has 0 aromatic carbocycles. The number of nitrogens with one attached hydrogen (secondary N) is 1. The van der Waals surface area contributed by atoms with E-state index in [9.17, 15) is 4.39 Å². The van der Waals surface area contributed by atoms with E-state index < -0.39 is 0 Å². The lowest BCUT2D eigenvalue weighted by molar-refractivity contribution is 0.620. The molecular weight excluding hydrogens is 145 g/mol. The van der Waals surface area contributed by atoms with Crippen molar-refractivity contribution < 1.29 is 4.39 Å². The fourth-order valence-corrected chi connectivity index (χ4v) is 0.681. The van der Waals surface area contributed by atoms with Gasteiger partial charge in [0.2, 0.25) is 0 Å². The predicted octanol–water partition coefficient (Wildman–Crippen LogP) is 0.791. The van der Waals surface area contributed by atoms with Gasteiger partial charge in [-0.25, -0.2) is 14.8 Å². The third-order valence-electron chi connectivity index (χ3n) is 1.39. The van der Waals surface area contributed by atoms with Gasteiger partial charge in [0.25, 0.3) is 0 Å². The van der Waals surface area contributed by atoms with Gasteiger partial charge in [-0.3, -0.25) is 5.01 Å². The summed E-state index contributed by atoms with van der Waals surface area (Å²) in [7, 11) is 3.57. The van der Waals surface area contributed by atoms with Crippen LogP contribution in [0.15, 0.2) is 18.3 Å². The van der Waals surface area contributed by atoms with Crippen molar-refractivity contribution in [1.82, 2.24) is 10.4 Å². The van der Waals surface area contributed by atoms with Gasteiger partial charge in [0, 0.05) is 14.1 Å². The minimum absolute atomic E-state index is 0.321. The van der Waals surface area contributed by atoms with Gasteiger partial charge in [-0.2, -0.15) is 0 Å². The molecule has 0 saturated carbocycles. The van der Waals surface area contributed by atoms with E-state index in [-0.39, 0.29) is 5.82 Å². The Hall–Kier alpha value is -1.16. The molecule has 1 aromatic heterocycles. The number of anilines is 1. The van der Waals surface area contributed by atoms with Crippen molar-refractivity contribution in [2.24, 2.45) is 0 Å². The number of hydrogen-bond donors (Lipinski definition) is 1. The third-order valence-corrected chi connectivity index (χ3v) is 1.39. The highest BCUT2D eigenvalue weighted by Gasteiger charge is 1.97. The second kappa shape index (κ2) is 3.30.